The van der Waals surface area contributed by atoms with Crippen LogP contribution in [0.15, 0.2) is 42.5 Å². The highest BCUT2D eigenvalue weighted by atomic mass is 35.5. The van der Waals surface area contributed by atoms with E-state index in [0.717, 1.165) is 0 Å². The molecule has 0 atom stereocenters. The van der Waals surface area contributed by atoms with E-state index in [1.165, 1.54) is 18.2 Å². The van der Waals surface area contributed by atoms with Gasteiger partial charge in [-0.1, -0.05) is 11.6 Å². The first-order valence-corrected chi connectivity index (χ1v) is 7.63. The average Bonchev–Trinajstić information content (AvgIpc) is 2.57. The largest absolute Gasteiger partial charge is 0.462 e. The Balaban J connectivity index is 1.87. The van der Waals surface area contributed by atoms with Crippen molar-refractivity contribution < 1.29 is 18.7 Å². The van der Waals surface area contributed by atoms with Crippen LogP contribution in [0.2, 0.25) is 5.02 Å². The summed E-state index contributed by atoms with van der Waals surface area (Å²) in [5.74, 6) is -1.25. The van der Waals surface area contributed by atoms with Crippen molar-refractivity contribution in [1.82, 2.24) is 0 Å². The van der Waals surface area contributed by atoms with E-state index in [4.69, 9.17) is 16.3 Å². The van der Waals surface area contributed by atoms with Crippen molar-refractivity contribution in [2.45, 2.75) is 6.92 Å². The van der Waals surface area contributed by atoms with Crippen LogP contribution in [0.25, 0.3) is 0 Å². The number of carbonyl (C=O) groups is 2. The van der Waals surface area contributed by atoms with Crippen LogP contribution in [0.1, 0.15) is 17.3 Å². The summed E-state index contributed by atoms with van der Waals surface area (Å²) in [6.45, 7) is 2.06. The number of hydrogen-bond donors (Lipinski definition) is 2. The monoisotopic (exact) mass is 350 g/mol. The van der Waals surface area contributed by atoms with E-state index in [0.29, 0.717) is 23.5 Å². The van der Waals surface area contributed by atoms with Crippen molar-refractivity contribution >= 4 is 34.9 Å². The second-order valence-electron chi connectivity index (χ2n) is 4.83. The molecule has 2 rings (SSSR count). The van der Waals surface area contributed by atoms with Gasteiger partial charge >= 0.3 is 5.97 Å². The van der Waals surface area contributed by atoms with Gasteiger partial charge in [-0.3, -0.25) is 4.79 Å². The lowest BCUT2D eigenvalue weighted by Gasteiger charge is -2.09. The number of carbonyl (C=O) groups excluding carboxylic acids is 2. The Kier molecular flexibility index (Phi) is 6.14. The van der Waals surface area contributed by atoms with E-state index < -0.39 is 11.8 Å². The van der Waals surface area contributed by atoms with E-state index >= 15 is 0 Å². The lowest BCUT2D eigenvalue weighted by molar-refractivity contribution is -0.114. The summed E-state index contributed by atoms with van der Waals surface area (Å²) in [7, 11) is 0. The maximum Gasteiger partial charge on any atom is 0.338 e. The normalized spacial score (nSPS) is 10.1. The molecule has 126 valence electrons. The van der Waals surface area contributed by atoms with Gasteiger partial charge in [-0.2, -0.15) is 0 Å². The fraction of sp³-hybridized carbons (Fsp3) is 0.176. The molecule has 1 amide bonds. The van der Waals surface area contributed by atoms with Crippen LogP contribution >= 0.6 is 11.6 Å². The third-order valence-electron chi connectivity index (χ3n) is 3.05. The molecule has 0 aliphatic heterocycles. The van der Waals surface area contributed by atoms with Crippen molar-refractivity contribution in [1.29, 1.82) is 0 Å². The maximum atomic E-state index is 13.1. The van der Waals surface area contributed by atoms with Crippen molar-refractivity contribution in [2.75, 3.05) is 23.8 Å². The summed E-state index contributed by atoms with van der Waals surface area (Å²) in [5, 5.41) is 5.46. The molecule has 0 heterocycles. The fourth-order valence-electron chi connectivity index (χ4n) is 1.90. The molecule has 5 nitrogen and oxygen atoms in total. The molecule has 0 spiro atoms. The van der Waals surface area contributed by atoms with Crippen molar-refractivity contribution in [2.24, 2.45) is 0 Å². The predicted octanol–water partition coefficient (Wildman–Crippen LogP) is 3.71. The Morgan fingerprint density at radius 1 is 1.12 bits per heavy atom. The number of rotatable bonds is 6. The van der Waals surface area contributed by atoms with Gasteiger partial charge in [-0.05, 0) is 49.4 Å². The minimum absolute atomic E-state index is 0.00769. The number of anilines is 2. The first kappa shape index (κ1) is 17.7. The summed E-state index contributed by atoms with van der Waals surface area (Å²) >= 11 is 5.65. The third kappa shape index (κ3) is 4.96. The maximum absolute atomic E-state index is 13.1. The molecule has 2 aromatic rings. The number of benzene rings is 2. The smallest absolute Gasteiger partial charge is 0.338 e. The molecule has 0 bridgehead atoms. The van der Waals surface area contributed by atoms with Crippen LogP contribution in [0.5, 0.6) is 0 Å². The zero-order chi connectivity index (χ0) is 17.5. The highest BCUT2D eigenvalue weighted by molar-refractivity contribution is 6.31. The van der Waals surface area contributed by atoms with Gasteiger partial charge in [-0.15, -0.1) is 0 Å². The topological polar surface area (TPSA) is 67.4 Å². The zero-order valence-corrected chi connectivity index (χ0v) is 13.7. The minimum Gasteiger partial charge on any atom is -0.462 e. The van der Waals surface area contributed by atoms with E-state index in [9.17, 15) is 14.0 Å². The van der Waals surface area contributed by atoms with Crippen LogP contribution in [0.4, 0.5) is 15.8 Å². The first-order valence-electron chi connectivity index (χ1n) is 7.25. The number of hydrogen-bond acceptors (Lipinski definition) is 4. The molecular weight excluding hydrogens is 335 g/mol. The van der Waals surface area contributed by atoms with E-state index in [1.54, 1.807) is 31.2 Å². The molecule has 2 aromatic carbocycles. The summed E-state index contributed by atoms with van der Waals surface area (Å²) < 4.78 is 17.9. The van der Waals surface area contributed by atoms with Gasteiger partial charge < -0.3 is 15.4 Å². The molecule has 0 radical (unpaired) electrons. The summed E-state index contributed by atoms with van der Waals surface area (Å²) in [6, 6.07) is 10.5. The van der Waals surface area contributed by atoms with Gasteiger partial charge in [0.25, 0.3) is 0 Å². The van der Waals surface area contributed by atoms with Gasteiger partial charge in [-0.25, -0.2) is 9.18 Å². The van der Waals surface area contributed by atoms with Gasteiger partial charge in [0.05, 0.1) is 23.7 Å². The molecule has 0 unspecified atom stereocenters. The standard InChI is InChI=1S/C17H16ClFN2O3/c1-2-24-17(23)11-3-5-12(6-4-11)20-10-16(22)21-13-7-8-15(19)14(18)9-13/h3-9,20H,2,10H2,1H3,(H,21,22). The van der Waals surface area contributed by atoms with E-state index in [-0.39, 0.29) is 17.5 Å². The zero-order valence-electron chi connectivity index (χ0n) is 12.9. The molecule has 0 aliphatic carbocycles. The highest BCUT2D eigenvalue weighted by Crippen LogP contribution is 2.19. The molecule has 0 saturated carbocycles. The molecule has 0 saturated heterocycles. The summed E-state index contributed by atoms with van der Waals surface area (Å²) in [6.07, 6.45) is 0. The second kappa shape index (κ2) is 8.31. The van der Waals surface area contributed by atoms with Crippen LogP contribution < -0.4 is 10.6 Å². The van der Waals surface area contributed by atoms with Gasteiger partial charge in [0.2, 0.25) is 5.91 Å². The molecular formula is C17H16ClFN2O3. The summed E-state index contributed by atoms with van der Waals surface area (Å²) in [4.78, 5) is 23.4. The van der Waals surface area contributed by atoms with E-state index in [2.05, 4.69) is 10.6 Å². The molecule has 0 fully saturated rings. The number of esters is 1. The highest BCUT2D eigenvalue weighted by Gasteiger charge is 2.07. The molecule has 7 heteroatoms. The molecule has 24 heavy (non-hydrogen) atoms. The fourth-order valence-corrected chi connectivity index (χ4v) is 2.08. The third-order valence-corrected chi connectivity index (χ3v) is 3.34. The number of ether oxygens (including phenoxy) is 1. The minimum atomic E-state index is -0.547. The lowest BCUT2D eigenvalue weighted by atomic mass is 10.2. The molecule has 2 N–H and O–H groups in total. The van der Waals surface area contributed by atoms with Crippen molar-refractivity contribution in [3.8, 4) is 0 Å². The first-order chi connectivity index (χ1) is 11.5. The van der Waals surface area contributed by atoms with Crippen LogP contribution in [-0.2, 0) is 9.53 Å². The Bertz CT molecular complexity index is 735. The SMILES string of the molecule is CCOC(=O)c1ccc(NCC(=O)Nc2ccc(F)c(Cl)c2)cc1. The Morgan fingerprint density at radius 3 is 2.42 bits per heavy atom. The van der Waals surface area contributed by atoms with Crippen molar-refractivity contribution in [3.05, 3.63) is 58.9 Å². The predicted molar refractivity (Wildman–Crippen MR) is 90.9 cm³/mol. The van der Waals surface area contributed by atoms with Gasteiger partial charge in [0.1, 0.15) is 5.82 Å². The number of amides is 1. The van der Waals surface area contributed by atoms with E-state index in [1.807, 2.05) is 0 Å². The number of nitrogens with one attached hydrogen (secondary N) is 2. The molecule has 0 aromatic heterocycles. The van der Waals surface area contributed by atoms with Gasteiger partial charge in [0.15, 0.2) is 0 Å². The Hall–Kier alpha value is -2.60. The summed E-state index contributed by atoms with van der Waals surface area (Å²) in [5.41, 5.74) is 1.52. The van der Waals surface area contributed by atoms with Gasteiger partial charge in [0, 0.05) is 11.4 Å². The average molecular weight is 351 g/mol. The quantitative estimate of drug-likeness (QED) is 0.779. The van der Waals surface area contributed by atoms with Crippen molar-refractivity contribution in [3.63, 3.8) is 0 Å². The number of halogens is 2. The van der Waals surface area contributed by atoms with Crippen LogP contribution in [0.3, 0.4) is 0 Å². The molecule has 0 aliphatic rings. The second-order valence-corrected chi connectivity index (χ2v) is 5.24. The lowest BCUT2D eigenvalue weighted by Crippen LogP contribution is -2.21. The Morgan fingerprint density at radius 2 is 1.79 bits per heavy atom. The van der Waals surface area contributed by atoms with Crippen LogP contribution in [0, 0.1) is 5.82 Å². The van der Waals surface area contributed by atoms with Crippen LogP contribution in [-0.4, -0.2) is 25.0 Å². The Labute approximate surface area is 143 Å².